The molecule has 1 atom stereocenters. The summed E-state index contributed by atoms with van der Waals surface area (Å²) in [4.78, 5) is 22.0. The predicted molar refractivity (Wildman–Crippen MR) is 166 cm³/mol. The third kappa shape index (κ3) is 8.86. The first-order valence-corrected chi connectivity index (χ1v) is 15.5. The fraction of sp³-hybridized carbons (Fsp3) is 0.562. The predicted octanol–water partition coefficient (Wildman–Crippen LogP) is 7.96. The molecule has 0 radical (unpaired) electrons. The van der Waals surface area contributed by atoms with Crippen LogP contribution >= 0.6 is 23.2 Å². The van der Waals surface area contributed by atoms with Crippen LogP contribution in [-0.2, 0) is 16.0 Å². The van der Waals surface area contributed by atoms with Gasteiger partial charge in [-0.05, 0) is 67.8 Å². The highest BCUT2D eigenvalue weighted by Gasteiger charge is 2.21. The second-order valence-electron chi connectivity index (χ2n) is 11.3. The number of unbranched alkanes of at least 4 members (excludes halogenated alkanes) is 1. The van der Waals surface area contributed by atoms with E-state index in [9.17, 15) is 4.79 Å². The van der Waals surface area contributed by atoms with Crippen molar-refractivity contribution in [2.24, 2.45) is 16.8 Å². The SMILES string of the molecule is CCC(CC(=O)OC1=Nc2cc(OCCCCN3CCN(c4cccc(Cl)c4Cl)CC3)ccc2CC1)CC(C)C. The minimum atomic E-state index is -0.170. The van der Waals surface area contributed by atoms with Gasteiger partial charge in [-0.1, -0.05) is 62.5 Å². The van der Waals surface area contributed by atoms with Gasteiger partial charge in [0, 0.05) is 45.1 Å². The van der Waals surface area contributed by atoms with E-state index in [1.54, 1.807) is 0 Å². The third-order valence-corrected chi connectivity index (χ3v) is 8.57. The zero-order valence-corrected chi connectivity index (χ0v) is 25.6. The van der Waals surface area contributed by atoms with Gasteiger partial charge in [-0.25, -0.2) is 4.99 Å². The smallest absolute Gasteiger partial charge is 0.312 e. The molecule has 0 N–H and O–H groups in total. The van der Waals surface area contributed by atoms with Crippen molar-refractivity contribution < 1.29 is 14.3 Å². The van der Waals surface area contributed by atoms with Crippen LogP contribution in [-0.4, -0.2) is 56.1 Å². The summed E-state index contributed by atoms with van der Waals surface area (Å²) in [6, 6.07) is 11.9. The van der Waals surface area contributed by atoms with Gasteiger partial charge in [0.05, 0.1) is 28.0 Å². The number of aliphatic imine (C=N–C) groups is 1. The van der Waals surface area contributed by atoms with Crippen molar-refractivity contribution in [3.05, 3.63) is 52.0 Å². The molecule has 40 heavy (non-hydrogen) atoms. The molecular weight excluding hydrogens is 545 g/mol. The lowest BCUT2D eigenvalue weighted by Gasteiger charge is -2.36. The number of hydrogen-bond donors (Lipinski definition) is 0. The molecule has 8 heteroatoms. The average Bonchev–Trinajstić information content (AvgIpc) is 2.94. The Labute approximate surface area is 249 Å². The number of carbonyl (C=O) groups is 1. The highest BCUT2D eigenvalue weighted by molar-refractivity contribution is 6.43. The number of carbonyl (C=O) groups excluding carboxylic acids is 1. The van der Waals surface area contributed by atoms with Gasteiger partial charge in [0.25, 0.3) is 0 Å². The van der Waals surface area contributed by atoms with Crippen molar-refractivity contribution in [3.8, 4) is 5.75 Å². The largest absolute Gasteiger partial charge is 0.494 e. The van der Waals surface area contributed by atoms with Crippen molar-refractivity contribution in [1.29, 1.82) is 0 Å². The molecule has 218 valence electrons. The first-order valence-electron chi connectivity index (χ1n) is 14.8. The summed E-state index contributed by atoms with van der Waals surface area (Å²) in [5.74, 6) is 2.10. The van der Waals surface area contributed by atoms with E-state index in [0.717, 1.165) is 87.5 Å². The monoisotopic (exact) mass is 587 g/mol. The maximum atomic E-state index is 12.5. The van der Waals surface area contributed by atoms with Crippen LogP contribution in [0, 0.1) is 11.8 Å². The molecule has 2 heterocycles. The lowest BCUT2D eigenvalue weighted by molar-refractivity contribution is -0.136. The first-order chi connectivity index (χ1) is 19.3. The maximum Gasteiger partial charge on any atom is 0.312 e. The van der Waals surface area contributed by atoms with E-state index in [1.165, 1.54) is 0 Å². The van der Waals surface area contributed by atoms with Gasteiger partial charge in [0.15, 0.2) is 5.90 Å². The number of halogens is 2. The number of ether oxygens (including phenoxy) is 2. The van der Waals surface area contributed by atoms with Crippen LogP contribution in [0.15, 0.2) is 41.4 Å². The lowest BCUT2D eigenvalue weighted by Crippen LogP contribution is -2.46. The Kier molecular flexibility index (Phi) is 11.6. The molecule has 6 nitrogen and oxygen atoms in total. The van der Waals surface area contributed by atoms with Gasteiger partial charge in [0.2, 0.25) is 0 Å². The van der Waals surface area contributed by atoms with Gasteiger partial charge in [-0.3, -0.25) is 9.69 Å². The van der Waals surface area contributed by atoms with Crippen LogP contribution < -0.4 is 9.64 Å². The molecule has 0 spiro atoms. The van der Waals surface area contributed by atoms with Crippen LogP contribution in [0.5, 0.6) is 5.75 Å². The summed E-state index contributed by atoms with van der Waals surface area (Å²) >= 11 is 12.6. The Hall–Kier alpha value is -2.28. The number of fused-ring (bicyclic) bond motifs is 1. The van der Waals surface area contributed by atoms with E-state index in [1.807, 2.05) is 30.3 Å². The number of aryl methyl sites for hydroxylation is 1. The number of benzene rings is 2. The number of nitrogens with zero attached hydrogens (tertiary/aromatic N) is 3. The molecule has 1 fully saturated rings. The normalized spacial score (nSPS) is 16.4. The van der Waals surface area contributed by atoms with E-state index in [4.69, 9.17) is 32.7 Å². The molecule has 0 aromatic heterocycles. The molecule has 1 saturated heterocycles. The number of hydrogen-bond acceptors (Lipinski definition) is 6. The molecule has 0 bridgehead atoms. The summed E-state index contributed by atoms with van der Waals surface area (Å²) in [5.41, 5.74) is 3.03. The minimum Gasteiger partial charge on any atom is -0.494 e. The van der Waals surface area contributed by atoms with Gasteiger partial charge in [-0.2, -0.15) is 0 Å². The molecule has 2 aromatic rings. The maximum absolute atomic E-state index is 12.5. The fourth-order valence-corrected chi connectivity index (χ4v) is 5.92. The zero-order valence-electron chi connectivity index (χ0n) is 24.1. The Morgan fingerprint density at radius 1 is 1.05 bits per heavy atom. The molecule has 2 aliphatic rings. The van der Waals surface area contributed by atoms with Crippen molar-refractivity contribution in [2.45, 2.75) is 65.7 Å². The second-order valence-corrected chi connectivity index (χ2v) is 12.1. The molecule has 0 amide bonds. The Bertz CT molecular complexity index is 1160. The van der Waals surface area contributed by atoms with Crippen LogP contribution in [0.4, 0.5) is 11.4 Å². The van der Waals surface area contributed by atoms with E-state index < -0.39 is 0 Å². The zero-order chi connectivity index (χ0) is 28.5. The Morgan fingerprint density at radius 2 is 1.85 bits per heavy atom. The molecular formula is C32H43Cl2N3O3. The van der Waals surface area contributed by atoms with Crippen LogP contribution in [0.2, 0.25) is 10.0 Å². The van der Waals surface area contributed by atoms with Crippen LogP contribution in [0.1, 0.15) is 64.9 Å². The third-order valence-electron chi connectivity index (χ3n) is 7.76. The number of anilines is 1. The van der Waals surface area contributed by atoms with Crippen molar-refractivity contribution >= 4 is 46.4 Å². The number of rotatable bonds is 12. The van der Waals surface area contributed by atoms with E-state index in [-0.39, 0.29) is 5.97 Å². The Morgan fingerprint density at radius 3 is 2.60 bits per heavy atom. The quantitative estimate of drug-likeness (QED) is 0.186. The lowest BCUT2D eigenvalue weighted by atomic mass is 9.92. The summed E-state index contributed by atoms with van der Waals surface area (Å²) in [5, 5.41) is 1.25. The fourth-order valence-electron chi connectivity index (χ4n) is 5.50. The number of piperazine rings is 1. The van der Waals surface area contributed by atoms with Crippen molar-refractivity contribution in [2.75, 3.05) is 44.2 Å². The van der Waals surface area contributed by atoms with E-state index >= 15 is 0 Å². The van der Waals surface area contributed by atoms with Crippen molar-refractivity contribution in [3.63, 3.8) is 0 Å². The van der Waals surface area contributed by atoms with Crippen LogP contribution in [0.3, 0.4) is 0 Å². The molecule has 1 unspecified atom stereocenters. The first kappa shape index (κ1) is 30.7. The van der Waals surface area contributed by atoms with Crippen molar-refractivity contribution in [1.82, 2.24) is 4.90 Å². The minimum absolute atomic E-state index is 0.170. The topological polar surface area (TPSA) is 54.4 Å². The Balaban J connectivity index is 1.17. The molecule has 0 saturated carbocycles. The summed E-state index contributed by atoms with van der Waals surface area (Å²) in [6.07, 6.45) is 6.02. The van der Waals surface area contributed by atoms with E-state index in [2.05, 4.69) is 41.6 Å². The van der Waals surface area contributed by atoms with E-state index in [0.29, 0.717) is 47.2 Å². The summed E-state index contributed by atoms with van der Waals surface area (Å²) in [7, 11) is 0. The summed E-state index contributed by atoms with van der Waals surface area (Å²) in [6.45, 7) is 12.2. The highest BCUT2D eigenvalue weighted by Crippen LogP contribution is 2.33. The average molecular weight is 589 g/mol. The van der Waals surface area contributed by atoms with Gasteiger partial charge in [0.1, 0.15) is 5.75 Å². The van der Waals surface area contributed by atoms with Crippen LogP contribution in [0.25, 0.3) is 0 Å². The van der Waals surface area contributed by atoms with Gasteiger partial charge in [-0.15, -0.1) is 0 Å². The van der Waals surface area contributed by atoms with Gasteiger partial charge < -0.3 is 14.4 Å². The standard InChI is InChI=1S/C32H43Cl2N3O3/c1-4-24(20-23(2)3)21-31(38)40-30-13-11-25-10-12-26(22-28(25)35-30)39-19-6-5-14-36-15-17-37(18-16-36)29-9-7-8-27(33)32(29)34/h7-10,12,22-24H,4-6,11,13-21H2,1-3H3. The molecule has 0 aliphatic carbocycles. The van der Waals surface area contributed by atoms with Gasteiger partial charge >= 0.3 is 5.97 Å². The number of esters is 1. The summed E-state index contributed by atoms with van der Waals surface area (Å²) < 4.78 is 11.7. The molecule has 4 rings (SSSR count). The molecule has 2 aliphatic heterocycles. The highest BCUT2D eigenvalue weighted by atomic mass is 35.5. The second kappa shape index (κ2) is 15.1. The molecule has 2 aromatic carbocycles.